The van der Waals surface area contributed by atoms with Crippen LogP contribution in [0.15, 0.2) is 42.7 Å². The largest absolute Gasteiger partial charge is 0.507 e. The van der Waals surface area contributed by atoms with Crippen LogP contribution in [0, 0.1) is 0 Å². The number of aromatic hydroxyl groups is 1. The molecule has 0 aliphatic heterocycles. The van der Waals surface area contributed by atoms with Crippen LogP contribution in [-0.2, 0) is 0 Å². The number of nitrogens with zero attached hydrogens (tertiary/aromatic N) is 1. The Morgan fingerprint density at radius 3 is 2.89 bits per heavy atom. The summed E-state index contributed by atoms with van der Waals surface area (Å²) >= 11 is 0. The minimum Gasteiger partial charge on any atom is -0.507 e. The lowest BCUT2D eigenvalue weighted by molar-refractivity contribution is 0.408. The van der Waals surface area contributed by atoms with Gasteiger partial charge in [0.1, 0.15) is 17.1 Å². The van der Waals surface area contributed by atoms with E-state index in [9.17, 15) is 5.11 Å². The van der Waals surface area contributed by atoms with E-state index >= 15 is 0 Å². The molecule has 3 rings (SSSR count). The van der Waals surface area contributed by atoms with Crippen LogP contribution in [0.2, 0.25) is 0 Å². The Hall–Kier alpha value is -2.49. The fourth-order valence-corrected chi connectivity index (χ4v) is 2.04. The van der Waals surface area contributed by atoms with Gasteiger partial charge in [-0.25, -0.2) is 4.98 Å². The predicted octanol–water partition coefficient (Wildman–Crippen LogP) is 2.94. The molecule has 0 saturated heterocycles. The van der Waals surface area contributed by atoms with Crippen LogP contribution in [0.5, 0.6) is 11.5 Å². The van der Waals surface area contributed by atoms with E-state index in [0.717, 1.165) is 22.2 Å². The number of phenolic OH excluding ortho intramolecular Hbond substituents is 1. The monoisotopic (exact) mass is 240 g/mol. The number of benzene rings is 1. The van der Waals surface area contributed by atoms with Gasteiger partial charge in [0.15, 0.2) is 0 Å². The smallest absolute Gasteiger partial charge is 0.137 e. The first-order chi connectivity index (χ1) is 8.79. The predicted molar refractivity (Wildman–Crippen MR) is 69.7 cm³/mol. The highest BCUT2D eigenvalue weighted by molar-refractivity contribution is 5.95. The number of hydrogen-bond acceptors (Lipinski definition) is 3. The van der Waals surface area contributed by atoms with Crippen molar-refractivity contribution < 1.29 is 9.84 Å². The number of nitrogens with one attached hydrogen (secondary N) is 1. The Kier molecular flexibility index (Phi) is 2.41. The highest BCUT2D eigenvalue weighted by Crippen LogP contribution is 2.35. The molecule has 90 valence electrons. The molecule has 0 unspecified atom stereocenters. The van der Waals surface area contributed by atoms with Crippen LogP contribution in [0.1, 0.15) is 0 Å². The fraction of sp³-hybridized carbons (Fsp3) is 0.0714. The van der Waals surface area contributed by atoms with Crippen molar-refractivity contribution in [1.82, 2.24) is 9.97 Å². The fourth-order valence-electron chi connectivity index (χ4n) is 2.04. The molecule has 2 heterocycles. The molecule has 0 aliphatic carbocycles. The third-order valence-electron chi connectivity index (χ3n) is 2.95. The maximum Gasteiger partial charge on any atom is 0.137 e. The van der Waals surface area contributed by atoms with Gasteiger partial charge in [0.2, 0.25) is 0 Å². The number of hydrogen-bond donors (Lipinski definition) is 2. The molecule has 0 radical (unpaired) electrons. The van der Waals surface area contributed by atoms with Crippen LogP contribution in [0.25, 0.3) is 22.2 Å². The maximum absolute atomic E-state index is 10.0. The summed E-state index contributed by atoms with van der Waals surface area (Å²) in [6.45, 7) is 0. The zero-order valence-electron chi connectivity index (χ0n) is 9.84. The molecule has 0 aliphatic rings. The second kappa shape index (κ2) is 4.07. The van der Waals surface area contributed by atoms with E-state index in [2.05, 4.69) is 9.97 Å². The quantitative estimate of drug-likeness (QED) is 0.724. The molecule has 0 fully saturated rings. The van der Waals surface area contributed by atoms with Crippen LogP contribution in [0.3, 0.4) is 0 Å². The van der Waals surface area contributed by atoms with E-state index in [1.165, 1.54) is 0 Å². The molecule has 18 heavy (non-hydrogen) atoms. The van der Waals surface area contributed by atoms with Gasteiger partial charge in [-0.2, -0.15) is 0 Å². The molecule has 4 nitrogen and oxygen atoms in total. The molecule has 0 atom stereocenters. The number of H-pyrrole nitrogens is 1. The number of methoxy groups -OCH3 is 1. The Balaban J connectivity index is 2.20. The molecule has 2 aromatic heterocycles. The van der Waals surface area contributed by atoms with Gasteiger partial charge in [-0.15, -0.1) is 0 Å². The van der Waals surface area contributed by atoms with Crippen molar-refractivity contribution in [3.63, 3.8) is 0 Å². The molecule has 0 spiro atoms. The summed E-state index contributed by atoms with van der Waals surface area (Å²) in [5, 5.41) is 11.0. The normalized spacial score (nSPS) is 10.7. The molecule has 3 aromatic rings. The minimum absolute atomic E-state index is 0.194. The first-order valence-electron chi connectivity index (χ1n) is 5.59. The number of rotatable bonds is 2. The Bertz CT molecular complexity index is 704. The molecular formula is C14H12N2O2. The first-order valence-corrected chi connectivity index (χ1v) is 5.59. The molecule has 4 heteroatoms. The van der Waals surface area contributed by atoms with Crippen LogP contribution in [0.4, 0.5) is 0 Å². The lowest BCUT2D eigenvalue weighted by atomic mass is 10.0. The molecular weight excluding hydrogens is 228 g/mol. The summed E-state index contributed by atoms with van der Waals surface area (Å²) < 4.78 is 5.07. The summed E-state index contributed by atoms with van der Waals surface area (Å²) in [6.07, 6.45) is 3.58. The highest BCUT2D eigenvalue weighted by Gasteiger charge is 2.10. The van der Waals surface area contributed by atoms with Gasteiger partial charge in [0.25, 0.3) is 0 Å². The lowest BCUT2D eigenvalue weighted by Gasteiger charge is -2.05. The van der Waals surface area contributed by atoms with Gasteiger partial charge in [-0.1, -0.05) is 0 Å². The summed E-state index contributed by atoms with van der Waals surface area (Å²) in [6, 6.07) is 9.11. The molecule has 0 amide bonds. The van der Waals surface area contributed by atoms with E-state index in [4.69, 9.17) is 4.74 Å². The van der Waals surface area contributed by atoms with Gasteiger partial charge in [-0.05, 0) is 24.3 Å². The zero-order chi connectivity index (χ0) is 12.5. The molecule has 2 N–H and O–H groups in total. The summed E-state index contributed by atoms with van der Waals surface area (Å²) in [4.78, 5) is 7.32. The van der Waals surface area contributed by atoms with E-state index in [0.29, 0.717) is 5.75 Å². The number of aromatic amines is 1. The first kappa shape index (κ1) is 10.7. The van der Waals surface area contributed by atoms with Crippen molar-refractivity contribution in [3.8, 4) is 22.6 Å². The molecule has 0 saturated carbocycles. The van der Waals surface area contributed by atoms with E-state index in [1.807, 2.05) is 30.5 Å². The lowest BCUT2D eigenvalue weighted by Crippen LogP contribution is -1.83. The molecule has 0 bridgehead atoms. The van der Waals surface area contributed by atoms with Crippen molar-refractivity contribution in [3.05, 3.63) is 42.7 Å². The van der Waals surface area contributed by atoms with Crippen LogP contribution in [-0.4, -0.2) is 22.2 Å². The average Bonchev–Trinajstić information content (AvgIpc) is 2.82. The SMILES string of the molecule is COc1ccc(-c2c[nH]c3ncccc23)c(O)c1. The average molecular weight is 240 g/mol. The van der Waals surface area contributed by atoms with Crippen molar-refractivity contribution in [2.45, 2.75) is 0 Å². The van der Waals surface area contributed by atoms with Crippen molar-refractivity contribution in [2.24, 2.45) is 0 Å². The van der Waals surface area contributed by atoms with Gasteiger partial charge in [0, 0.05) is 35.0 Å². The Morgan fingerprint density at radius 2 is 2.11 bits per heavy atom. The number of fused-ring (bicyclic) bond motifs is 1. The highest BCUT2D eigenvalue weighted by atomic mass is 16.5. The Labute approximate surface area is 104 Å². The van der Waals surface area contributed by atoms with Gasteiger partial charge >= 0.3 is 0 Å². The van der Waals surface area contributed by atoms with Gasteiger partial charge in [-0.3, -0.25) is 0 Å². The second-order valence-electron chi connectivity index (χ2n) is 3.98. The van der Waals surface area contributed by atoms with Gasteiger partial charge < -0.3 is 14.8 Å². The van der Waals surface area contributed by atoms with Crippen molar-refractivity contribution in [1.29, 1.82) is 0 Å². The third-order valence-corrected chi connectivity index (χ3v) is 2.95. The minimum atomic E-state index is 0.194. The van der Waals surface area contributed by atoms with E-state index in [-0.39, 0.29) is 5.75 Å². The van der Waals surface area contributed by atoms with Crippen molar-refractivity contribution >= 4 is 11.0 Å². The third kappa shape index (κ3) is 1.59. The summed E-state index contributed by atoms with van der Waals surface area (Å²) in [5.41, 5.74) is 2.50. The number of ether oxygens (including phenoxy) is 1. The number of phenols is 1. The summed E-state index contributed by atoms with van der Waals surface area (Å²) in [7, 11) is 1.57. The van der Waals surface area contributed by atoms with Crippen LogP contribution < -0.4 is 4.74 Å². The van der Waals surface area contributed by atoms with Gasteiger partial charge in [0.05, 0.1) is 7.11 Å². The second-order valence-corrected chi connectivity index (χ2v) is 3.98. The molecule has 1 aromatic carbocycles. The Morgan fingerprint density at radius 1 is 1.22 bits per heavy atom. The van der Waals surface area contributed by atoms with E-state index in [1.54, 1.807) is 19.4 Å². The van der Waals surface area contributed by atoms with E-state index < -0.39 is 0 Å². The topological polar surface area (TPSA) is 58.1 Å². The zero-order valence-corrected chi connectivity index (χ0v) is 9.84. The number of pyridine rings is 1. The van der Waals surface area contributed by atoms with Crippen molar-refractivity contribution in [2.75, 3.05) is 7.11 Å². The number of aromatic nitrogens is 2. The standard InChI is InChI=1S/C14H12N2O2/c1-18-9-4-5-10(13(17)7-9)12-8-16-14-11(12)3-2-6-15-14/h2-8,17H,1H3,(H,15,16). The summed E-state index contributed by atoms with van der Waals surface area (Å²) in [5.74, 6) is 0.827. The van der Waals surface area contributed by atoms with Crippen LogP contribution >= 0.6 is 0 Å². The maximum atomic E-state index is 10.0.